The van der Waals surface area contributed by atoms with Gasteiger partial charge in [-0.1, -0.05) is 12.1 Å². The molecule has 0 bridgehead atoms. The lowest BCUT2D eigenvalue weighted by atomic mass is 10.2. The summed E-state index contributed by atoms with van der Waals surface area (Å²) in [6, 6.07) is 6.45. The highest BCUT2D eigenvalue weighted by molar-refractivity contribution is 5.33. The third-order valence-corrected chi connectivity index (χ3v) is 4.13. The normalized spacial score (nSPS) is 17.0. The van der Waals surface area contributed by atoms with Crippen LogP contribution in [0.4, 0.5) is 4.39 Å². The van der Waals surface area contributed by atoms with Gasteiger partial charge >= 0.3 is 0 Å². The summed E-state index contributed by atoms with van der Waals surface area (Å²) in [5.74, 6) is 0.669. The van der Waals surface area contributed by atoms with Crippen molar-refractivity contribution in [1.29, 1.82) is 0 Å². The molecule has 4 rings (SSSR count). The van der Waals surface area contributed by atoms with Crippen LogP contribution in [0.2, 0.25) is 0 Å². The highest BCUT2D eigenvalue weighted by atomic mass is 19.1. The van der Waals surface area contributed by atoms with Crippen LogP contribution in [-0.4, -0.2) is 48.8 Å². The van der Waals surface area contributed by atoms with E-state index >= 15 is 0 Å². The Labute approximate surface area is 149 Å². The lowest BCUT2D eigenvalue weighted by Gasteiger charge is -2.10. The van der Waals surface area contributed by atoms with Crippen LogP contribution in [0.1, 0.15) is 24.5 Å². The van der Waals surface area contributed by atoms with Gasteiger partial charge in [-0.15, -0.1) is 5.10 Å². The number of hydrogen-bond acceptors (Lipinski definition) is 6. The molecule has 0 aliphatic carbocycles. The lowest BCUT2D eigenvalue weighted by molar-refractivity contribution is 0.00814. The van der Waals surface area contributed by atoms with E-state index in [1.807, 2.05) is 0 Å². The standard InChI is InChI=1S/C17H19FN6O2/c18-14-5-1-2-6-15(14)24-17(10-25-9-13-4-3-7-26-13)21-16(22-24)8-23-12-19-11-20-23/h1-2,5-6,11-13H,3-4,7-10H2/t13-/m0/s1. The molecule has 3 heterocycles. The highest BCUT2D eigenvalue weighted by Crippen LogP contribution is 2.17. The van der Waals surface area contributed by atoms with Gasteiger partial charge in [0, 0.05) is 6.61 Å². The number of hydrogen-bond donors (Lipinski definition) is 0. The minimum absolute atomic E-state index is 0.120. The van der Waals surface area contributed by atoms with Gasteiger partial charge in [0.25, 0.3) is 0 Å². The van der Waals surface area contributed by atoms with E-state index in [0.29, 0.717) is 30.5 Å². The van der Waals surface area contributed by atoms with E-state index in [2.05, 4.69) is 20.2 Å². The van der Waals surface area contributed by atoms with Crippen molar-refractivity contribution in [2.75, 3.05) is 13.2 Å². The quantitative estimate of drug-likeness (QED) is 0.640. The van der Waals surface area contributed by atoms with Gasteiger partial charge in [0.05, 0.1) is 12.7 Å². The van der Waals surface area contributed by atoms with Gasteiger partial charge in [0.1, 0.15) is 37.3 Å². The minimum Gasteiger partial charge on any atom is -0.376 e. The average molecular weight is 358 g/mol. The fraction of sp³-hybridized carbons (Fsp3) is 0.412. The van der Waals surface area contributed by atoms with Crippen LogP contribution >= 0.6 is 0 Å². The van der Waals surface area contributed by atoms with E-state index in [4.69, 9.17) is 9.47 Å². The summed E-state index contributed by atoms with van der Waals surface area (Å²) in [4.78, 5) is 8.40. The topological polar surface area (TPSA) is 79.9 Å². The van der Waals surface area contributed by atoms with E-state index in [-0.39, 0.29) is 18.5 Å². The number of benzene rings is 1. The molecule has 1 atom stereocenters. The molecule has 1 aromatic carbocycles. The lowest BCUT2D eigenvalue weighted by Crippen LogP contribution is -2.15. The molecular weight excluding hydrogens is 339 g/mol. The molecule has 1 aliphatic heterocycles. The first-order valence-corrected chi connectivity index (χ1v) is 8.51. The number of aromatic nitrogens is 6. The Morgan fingerprint density at radius 1 is 1.31 bits per heavy atom. The molecule has 0 amide bonds. The molecule has 0 unspecified atom stereocenters. The van der Waals surface area contributed by atoms with Crippen LogP contribution in [0.3, 0.4) is 0 Å². The molecule has 2 aromatic heterocycles. The first-order chi connectivity index (χ1) is 12.8. The van der Waals surface area contributed by atoms with Gasteiger partial charge in [-0.3, -0.25) is 0 Å². The maximum absolute atomic E-state index is 14.2. The molecule has 0 spiro atoms. The maximum Gasteiger partial charge on any atom is 0.172 e. The summed E-state index contributed by atoms with van der Waals surface area (Å²) < 4.78 is 28.6. The third-order valence-electron chi connectivity index (χ3n) is 4.13. The molecule has 3 aromatic rings. The Kier molecular flexibility index (Phi) is 4.98. The molecule has 0 radical (unpaired) electrons. The zero-order valence-electron chi connectivity index (χ0n) is 14.2. The number of para-hydroxylation sites is 1. The molecule has 0 saturated carbocycles. The van der Waals surface area contributed by atoms with E-state index in [1.165, 1.54) is 17.1 Å². The molecule has 1 aliphatic rings. The first-order valence-electron chi connectivity index (χ1n) is 8.51. The van der Waals surface area contributed by atoms with Crippen molar-refractivity contribution in [2.45, 2.75) is 32.1 Å². The minimum atomic E-state index is -0.370. The summed E-state index contributed by atoms with van der Waals surface area (Å²) in [7, 11) is 0. The molecule has 1 fully saturated rings. The summed E-state index contributed by atoms with van der Waals surface area (Å²) >= 11 is 0. The second-order valence-corrected chi connectivity index (χ2v) is 6.05. The highest BCUT2D eigenvalue weighted by Gasteiger charge is 2.18. The van der Waals surface area contributed by atoms with Crippen molar-refractivity contribution in [2.24, 2.45) is 0 Å². The largest absolute Gasteiger partial charge is 0.376 e. The van der Waals surface area contributed by atoms with Gasteiger partial charge in [0.15, 0.2) is 11.6 Å². The van der Waals surface area contributed by atoms with Crippen LogP contribution < -0.4 is 0 Å². The number of nitrogens with zero attached hydrogens (tertiary/aromatic N) is 6. The van der Waals surface area contributed by atoms with Crippen LogP contribution in [0.15, 0.2) is 36.9 Å². The second kappa shape index (κ2) is 7.71. The van der Waals surface area contributed by atoms with Crippen molar-refractivity contribution in [3.63, 3.8) is 0 Å². The summed E-state index contributed by atoms with van der Waals surface area (Å²) in [6.45, 7) is 1.84. The van der Waals surface area contributed by atoms with E-state index in [1.54, 1.807) is 29.2 Å². The monoisotopic (exact) mass is 358 g/mol. The Morgan fingerprint density at radius 2 is 2.23 bits per heavy atom. The number of halogens is 1. The van der Waals surface area contributed by atoms with Gasteiger partial charge in [-0.2, -0.15) is 5.10 Å². The van der Waals surface area contributed by atoms with Crippen LogP contribution in [0, 0.1) is 5.82 Å². The molecule has 136 valence electrons. The van der Waals surface area contributed by atoms with Crippen molar-refractivity contribution in [1.82, 2.24) is 29.5 Å². The molecule has 9 heteroatoms. The Morgan fingerprint density at radius 3 is 3.00 bits per heavy atom. The zero-order valence-corrected chi connectivity index (χ0v) is 14.2. The molecule has 0 N–H and O–H groups in total. The fourth-order valence-corrected chi connectivity index (χ4v) is 2.89. The van der Waals surface area contributed by atoms with Crippen LogP contribution in [0.25, 0.3) is 5.69 Å². The Balaban J connectivity index is 1.55. The van der Waals surface area contributed by atoms with Crippen LogP contribution in [-0.2, 0) is 22.6 Å². The van der Waals surface area contributed by atoms with Crippen molar-refractivity contribution in [3.8, 4) is 5.69 Å². The van der Waals surface area contributed by atoms with Gasteiger partial charge < -0.3 is 9.47 Å². The van der Waals surface area contributed by atoms with Gasteiger partial charge in [0.2, 0.25) is 0 Å². The third kappa shape index (κ3) is 3.78. The molecule has 1 saturated heterocycles. The van der Waals surface area contributed by atoms with Gasteiger partial charge in [-0.05, 0) is 25.0 Å². The first kappa shape index (κ1) is 16.8. The Hall–Kier alpha value is -2.65. The second-order valence-electron chi connectivity index (χ2n) is 6.05. The van der Waals surface area contributed by atoms with E-state index in [0.717, 1.165) is 19.4 Å². The zero-order chi connectivity index (χ0) is 17.8. The summed E-state index contributed by atoms with van der Waals surface area (Å²) in [5.41, 5.74) is 0.334. The summed E-state index contributed by atoms with van der Waals surface area (Å²) in [5, 5.41) is 8.48. The number of ether oxygens (including phenoxy) is 2. The fourth-order valence-electron chi connectivity index (χ4n) is 2.89. The smallest absolute Gasteiger partial charge is 0.172 e. The van der Waals surface area contributed by atoms with Crippen molar-refractivity contribution >= 4 is 0 Å². The predicted molar refractivity (Wildman–Crippen MR) is 89.1 cm³/mol. The molecule has 26 heavy (non-hydrogen) atoms. The SMILES string of the molecule is Fc1ccccc1-n1nc(Cn2cncn2)nc1COC[C@@H]1CCCO1. The van der Waals surface area contributed by atoms with E-state index < -0.39 is 0 Å². The van der Waals surface area contributed by atoms with Gasteiger partial charge in [-0.25, -0.2) is 23.7 Å². The van der Waals surface area contributed by atoms with Crippen molar-refractivity contribution < 1.29 is 13.9 Å². The van der Waals surface area contributed by atoms with Crippen LogP contribution in [0.5, 0.6) is 0 Å². The number of rotatable bonds is 7. The molecular formula is C17H19FN6O2. The average Bonchev–Trinajstić information content (AvgIpc) is 3.39. The Bertz CT molecular complexity index is 845. The maximum atomic E-state index is 14.2. The predicted octanol–water partition coefficient (Wildman–Crippen LogP) is 1.74. The summed E-state index contributed by atoms with van der Waals surface area (Å²) in [6.07, 6.45) is 5.20. The van der Waals surface area contributed by atoms with Crippen molar-refractivity contribution in [3.05, 3.63) is 54.4 Å². The molecule has 8 nitrogen and oxygen atoms in total. The van der Waals surface area contributed by atoms with E-state index in [9.17, 15) is 4.39 Å².